The van der Waals surface area contributed by atoms with Crippen molar-refractivity contribution in [3.05, 3.63) is 30.1 Å². The average Bonchev–Trinajstić information content (AvgIpc) is 2.59. The van der Waals surface area contributed by atoms with Gasteiger partial charge in [0.2, 0.25) is 0 Å². The smallest absolute Gasteiger partial charge is 0.177 e. The molecule has 2 rings (SSSR count). The van der Waals surface area contributed by atoms with Gasteiger partial charge in [-0.25, -0.2) is 0 Å². The van der Waals surface area contributed by atoms with Crippen LogP contribution in [0.25, 0.3) is 0 Å². The molecule has 10 heavy (non-hydrogen) atoms. The van der Waals surface area contributed by atoms with E-state index in [0.717, 1.165) is 5.82 Å². The zero-order chi connectivity index (χ0) is 6.81. The Balaban J connectivity index is 2.29. The van der Waals surface area contributed by atoms with Gasteiger partial charge in [-0.1, -0.05) is 29.5 Å². The van der Waals surface area contributed by atoms with E-state index < -0.39 is 0 Å². The summed E-state index contributed by atoms with van der Waals surface area (Å²) in [7, 11) is 0. The van der Waals surface area contributed by atoms with Crippen molar-refractivity contribution in [3.63, 3.8) is 0 Å². The minimum absolute atomic E-state index is 0.221. The van der Waals surface area contributed by atoms with E-state index in [2.05, 4.69) is 20.6 Å². The monoisotopic (exact) mass is 134 g/mol. The van der Waals surface area contributed by atoms with Crippen LogP contribution >= 0.6 is 0 Å². The number of rotatable bonds is 1. The van der Waals surface area contributed by atoms with Gasteiger partial charge in [0.25, 0.3) is 0 Å². The van der Waals surface area contributed by atoms with Crippen LogP contribution in [-0.4, -0.2) is 20.6 Å². The van der Waals surface area contributed by atoms with Gasteiger partial charge in [-0.2, -0.15) is 5.21 Å². The average molecular weight is 134 g/mol. The molecule has 1 N–H and O–H groups in total. The Kier molecular flexibility index (Phi) is 1.10. The van der Waals surface area contributed by atoms with Crippen molar-refractivity contribution < 1.29 is 0 Å². The third kappa shape index (κ3) is 0.737. The topological polar surface area (TPSA) is 54.5 Å². The Morgan fingerprint density at radius 3 is 2.70 bits per heavy atom. The SMILES string of the molecule is C1=CC(c2nn[nH]n2)C=C1. The van der Waals surface area contributed by atoms with Crippen LogP contribution in [0.1, 0.15) is 11.7 Å². The van der Waals surface area contributed by atoms with Crippen molar-refractivity contribution >= 4 is 0 Å². The summed E-state index contributed by atoms with van der Waals surface area (Å²) in [6, 6.07) is 0. The number of hydrogen-bond acceptors (Lipinski definition) is 3. The van der Waals surface area contributed by atoms with Gasteiger partial charge in [0.05, 0.1) is 5.92 Å². The predicted octanol–water partition coefficient (Wildman–Crippen LogP) is 0.409. The highest BCUT2D eigenvalue weighted by molar-refractivity contribution is 5.26. The van der Waals surface area contributed by atoms with Gasteiger partial charge in [-0.3, -0.25) is 0 Å². The van der Waals surface area contributed by atoms with Crippen LogP contribution in [0, 0.1) is 0 Å². The van der Waals surface area contributed by atoms with Crippen molar-refractivity contribution in [2.24, 2.45) is 0 Å². The third-order valence-corrected chi connectivity index (χ3v) is 1.41. The van der Waals surface area contributed by atoms with Crippen molar-refractivity contribution in [1.82, 2.24) is 20.6 Å². The molecule has 0 saturated carbocycles. The van der Waals surface area contributed by atoms with Gasteiger partial charge in [0.15, 0.2) is 5.82 Å². The van der Waals surface area contributed by atoms with E-state index in [4.69, 9.17) is 0 Å². The summed E-state index contributed by atoms with van der Waals surface area (Å²) in [5, 5.41) is 13.6. The van der Waals surface area contributed by atoms with E-state index in [0.29, 0.717) is 0 Å². The van der Waals surface area contributed by atoms with Gasteiger partial charge in [0, 0.05) is 0 Å². The lowest BCUT2D eigenvalue weighted by atomic mass is 10.2. The van der Waals surface area contributed by atoms with Crippen LogP contribution in [-0.2, 0) is 0 Å². The molecule has 1 aliphatic rings. The fourth-order valence-electron chi connectivity index (χ4n) is 0.915. The highest BCUT2D eigenvalue weighted by atomic mass is 15.5. The standard InChI is InChI=1S/C6H6N4/c1-2-4-5(3-1)6-7-9-10-8-6/h1-5H,(H,7,8,9,10). The summed E-state index contributed by atoms with van der Waals surface area (Å²) in [4.78, 5) is 0. The van der Waals surface area contributed by atoms with Crippen LogP contribution < -0.4 is 0 Å². The van der Waals surface area contributed by atoms with E-state index in [9.17, 15) is 0 Å². The van der Waals surface area contributed by atoms with Crippen molar-refractivity contribution in [3.8, 4) is 0 Å². The summed E-state index contributed by atoms with van der Waals surface area (Å²) >= 11 is 0. The molecule has 1 aliphatic carbocycles. The molecular formula is C6H6N4. The molecule has 0 aliphatic heterocycles. The van der Waals surface area contributed by atoms with Crippen LogP contribution in [0.4, 0.5) is 0 Å². The Labute approximate surface area is 57.6 Å². The molecule has 4 nitrogen and oxygen atoms in total. The van der Waals surface area contributed by atoms with E-state index in [1.54, 1.807) is 0 Å². The molecule has 0 radical (unpaired) electrons. The first-order chi connectivity index (χ1) is 4.97. The molecule has 50 valence electrons. The molecule has 0 saturated heterocycles. The van der Waals surface area contributed by atoms with Crippen LogP contribution in [0.5, 0.6) is 0 Å². The predicted molar refractivity (Wildman–Crippen MR) is 35.2 cm³/mol. The molecule has 1 heterocycles. The molecule has 0 bridgehead atoms. The number of allylic oxidation sites excluding steroid dienone is 4. The molecule has 0 fully saturated rings. The summed E-state index contributed by atoms with van der Waals surface area (Å²) < 4.78 is 0. The van der Waals surface area contributed by atoms with Crippen molar-refractivity contribution in [2.45, 2.75) is 5.92 Å². The number of nitrogens with zero attached hydrogens (tertiary/aromatic N) is 3. The summed E-state index contributed by atoms with van der Waals surface area (Å²) in [6.45, 7) is 0. The van der Waals surface area contributed by atoms with E-state index in [1.807, 2.05) is 24.3 Å². The van der Waals surface area contributed by atoms with E-state index >= 15 is 0 Å². The lowest BCUT2D eigenvalue weighted by molar-refractivity contribution is 0.881. The molecule has 0 unspecified atom stereocenters. The van der Waals surface area contributed by atoms with Crippen LogP contribution in [0.15, 0.2) is 24.3 Å². The van der Waals surface area contributed by atoms with Gasteiger partial charge >= 0.3 is 0 Å². The minimum atomic E-state index is 0.221. The number of tetrazole rings is 1. The van der Waals surface area contributed by atoms with Crippen LogP contribution in [0.2, 0.25) is 0 Å². The first kappa shape index (κ1) is 5.34. The van der Waals surface area contributed by atoms with E-state index in [-0.39, 0.29) is 5.92 Å². The summed E-state index contributed by atoms with van der Waals surface area (Å²) in [5.41, 5.74) is 0. The Bertz CT molecular complexity index is 247. The first-order valence-corrected chi connectivity index (χ1v) is 3.05. The van der Waals surface area contributed by atoms with Gasteiger partial charge < -0.3 is 0 Å². The van der Waals surface area contributed by atoms with Gasteiger partial charge in [-0.15, -0.1) is 10.2 Å². The minimum Gasteiger partial charge on any atom is -0.177 e. The quantitative estimate of drug-likeness (QED) is 0.605. The zero-order valence-electron chi connectivity index (χ0n) is 5.23. The maximum absolute atomic E-state index is 3.85. The molecule has 0 amide bonds. The molecule has 1 aromatic heterocycles. The highest BCUT2D eigenvalue weighted by Gasteiger charge is 2.10. The highest BCUT2D eigenvalue weighted by Crippen LogP contribution is 2.17. The molecule has 4 heteroatoms. The maximum Gasteiger partial charge on any atom is 0.185 e. The normalized spacial score (nSPS) is 16.8. The number of aromatic amines is 1. The summed E-state index contributed by atoms with van der Waals surface area (Å²) in [5.74, 6) is 0.948. The molecule has 1 aromatic rings. The lowest BCUT2D eigenvalue weighted by Crippen LogP contribution is -1.91. The zero-order valence-corrected chi connectivity index (χ0v) is 5.23. The van der Waals surface area contributed by atoms with Crippen molar-refractivity contribution in [1.29, 1.82) is 0 Å². The Hall–Kier alpha value is -1.45. The number of aromatic nitrogens is 4. The second kappa shape index (κ2) is 2.06. The molecule has 0 aromatic carbocycles. The Morgan fingerprint density at radius 1 is 1.30 bits per heavy atom. The second-order valence-corrected chi connectivity index (χ2v) is 2.07. The maximum atomic E-state index is 3.85. The largest absolute Gasteiger partial charge is 0.185 e. The fourth-order valence-corrected chi connectivity index (χ4v) is 0.915. The van der Waals surface area contributed by atoms with Gasteiger partial charge in [0.1, 0.15) is 0 Å². The van der Waals surface area contributed by atoms with Crippen molar-refractivity contribution in [2.75, 3.05) is 0 Å². The number of H-pyrrole nitrogens is 1. The molecular weight excluding hydrogens is 128 g/mol. The fraction of sp³-hybridized carbons (Fsp3) is 0.167. The molecule has 0 atom stereocenters. The van der Waals surface area contributed by atoms with E-state index in [1.165, 1.54) is 0 Å². The Morgan fingerprint density at radius 2 is 2.10 bits per heavy atom. The number of nitrogens with one attached hydrogen (secondary N) is 1. The molecule has 0 spiro atoms. The number of hydrogen-bond donors (Lipinski definition) is 1. The third-order valence-electron chi connectivity index (χ3n) is 1.41. The summed E-state index contributed by atoms with van der Waals surface area (Å²) in [6.07, 6.45) is 7.98. The second-order valence-electron chi connectivity index (χ2n) is 2.07. The first-order valence-electron chi connectivity index (χ1n) is 3.05. The lowest BCUT2D eigenvalue weighted by Gasteiger charge is -1.93. The van der Waals surface area contributed by atoms with Gasteiger partial charge in [-0.05, 0) is 0 Å². The van der Waals surface area contributed by atoms with Crippen LogP contribution in [0.3, 0.4) is 0 Å².